The fourth-order valence-electron chi connectivity index (χ4n) is 1.12. The molecule has 0 radical (unpaired) electrons. The molecule has 0 amide bonds. The molecular weight excluding hydrogens is 194 g/mol. The molecule has 0 aromatic carbocycles. The molecule has 6 heteroatoms. The molecule has 15 heavy (non-hydrogen) atoms. The first kappa shape index (κ1) is 9.20. The molecule has 0 unspecified atom stereocenters. The summed E-state index contributed by atoms with van der Waals surface area (Å²) in [7, 11) is 0. The molecule has 0 aliphatic carbocycles. The Morgan fingerprint density at radius 2 is 2.07 bits per heavy atom. The molecule has 2 aromatic rings. The quantitative estimate of drug-likeness (QED) is 0.604. The second kappa shape index (κ2) is 3.41. The van der Waals surface area contributed by atoms with E-state index in [4.69, 9.17) is 11.5 Å². The van der Waals surface area contributed by atoms with Gasteiger partial charge in [-0.2, -0.15) is 0 Å². The van der Waals surface area contributed by atoms with E-state index in [2.05, 4.69) is 15.0 Å². The van der Waals surface area contributed by atoms with Crippen LogP contribution in [0.3, 0.4) is 0 Å². The number of H-pyrrole nitrogens is 1. The van der Waals surface area contributed by atoms with E-state index in [0.29, 0.717) is 11.5 Å². The van der Waals surface area contributed by atoms with Crippen LogP contribution in [0, 0.1) is 0 Å². The first-order valence-corrected chi connectivity index (χ1v) is 4.25. The lowest BCUT2D eigenvalue weighted by Crippen LogP contribution is -2.17. The molecule has 76 valence electrons. The average Bonchev–Trinajstić information content (AvgIpc) is 2.26. The molecule has 6 nitrogen and oxygen atoms in total. The van der Waals surface area contributed by atoms with Crippen molar-refractivity contribution in [2.24, 2.45) is 0 Å². The minimum absolute atomic E-state index is 0.0133. The Bertz CT molecular complexity index is 534. The number of hydrogen-bond acceptors (Lipinski definition) is 5. The van der Waals surface area contributed by atoms with Crippen LogP contribution in [0.15, 0.2) is 29.2 Å². The van der Waals surface area contributed by atoms with E-state index < -0.39 is 5.56 Å². The maximum absolute atomic E-state index is 11.3. The van der Waals surface area contributed by atoms with Gasteiger partial charge in [0.05, 0.1) is 0 Å². The Morgan fingerprint density at radius 3 is 2.67 bits per heavy atom. The zero-order valence-corrected chi connectivity index (χ0v) is 7.77. The average molecular weight is 203 g/mol. The minimum Gasteiger partial charge on any atom is -0.391 e. The summed E-state index contributed by atoms with van der Waals surface area (Å²) >= 11 is 0. The smallest absolute Gasteiger partial charge is 0.276 e. The molecule has 0 fully saturated rings. The Balaban J connectivity index is 2.61. The fourth-order valence-corrected chi connectivity index (χ4v) is 1.12. The van der Waals surface area contributed by atoms with E-state index in [9.17, 15) is 4.79 Å². The van der Waals surface area contributed by atoms with Crippen molar-refractivity contribution >= 4 is 11.5 Å². The molecule has 0 spiro atoms. The highest BCUT2D eigenvalue weighted by Crippen LogP contribution is 2.12. The highest BCUT2D eigenvalue weighted by Gasteiger charge is 2.06. The van der Waals surface area contributed by atoms with Crippen LogP contribution < -0.4 is 17.0 Å². The van der Waals surface area contributed by atoms with Crippen LogP contribution >= 0.6 is 0 Å². The number of nitrogens with two attached hydrogens (primary N) is 2. The Hall–Kier alpha value is -2.37. The zero-order valence-electron chi connectivity index (χ0n) is 7.77. The number of aromatic amines is 1. The summed E-state index contributed by atoms with van der Waals surface area (Å²) in [6.45, 7) is 0. The van der Waals surface area contributed by atoms with Gasteiger partial charge in [-0.25, -0.2) is 4.98 Å². The number of pyridine rings is 1. The van der Waals surface area contributed by atoms with Crippen molar-refractivity contribution in [3.63, 3.8) is 0 Å². The third kappa shape index (κ3) is 1.64. The van der Waals surface area contributed by atoms with Crippen molar-refractivity contribution in [3.8, 4) is 11.5 Å². The van der Waals surface area contributed by atoms with Crippen LogP contribution in [0.5, 0.6) is 0 Å². The van der Waals surface area contributed by atoms with Gasteiger partial charge in [-0.05, 0) is 12.1 Å². The van der Waals surface area contributed by atoms with Crippen molar-refractivity contribution in [1.29, 1.82) is 0 Å². The number of anilines is 2. The van der Waals surface area contributed by atoms with Crippen molar-refractivity contribution in [2.45, 2.75) is 0 Å². The molecule has 0 saturated carbocycles. The lowest BCUT2D eigenvalue weighted by Gasteiger charge is -2.02. The summed E-state index contributed by atoms with van der Waals surface area (Å²) in [4.78, 5) is 21.8. The van der Waals surface area contributed by atoms with Gasteiger partial charge in [0.1, 0.15) is 11.4 Å². The van der Waals surface area contributed by atoms with E-state index in [0.717, 1.165) is 0 Å². The number of nitrogens with zero attached hydrogens (tertiary/aromatic N) is 2. The number of rotatable bonds is 1. The SMILES string of the molecule is Nc1nc(-c2ccccn2)[nH]c(=O)c1N. The monoisotopic (exact) mass is 203 g/mol. The van der Waals surface area contributed by atoms with E-state index in [1.165, 1.54) is 0 Å². The summed E-state index contributed by atoms with van der Waals surface area (Å²) in [5.74, 6) is 0.326. The number of nitrogen functional groups attached to an aromatic ring is 2. The molecule has 0 bridgehead atoms. The van der Waals surface area contributed by atoms with Crippen LogP contribution in [0.1, 0.15) is 0 Å². The highest BCUT2D eigenvalue weighted by molar-refractivity contribution is 5.61. The van der Waals surface area contributed by atoms with Crippen LogP contribution in [0.25, 0.3) is 11.5 Å². The topological polar surface area (TPSA) is 111 Å². The van der Waals surface area contributed by atoms with Crippen LogP contribution in [-0.4, -0.2) is 15.0 Å². The lowest BCUT2D eigenvalue weighted by atomic mass is 10.3. The standard InChI is InChI=1S/C9H9N5O/c10-6-7(11)13-8(14-9(6)15)5-3-1-2-4-12-5/h1-4H,10H2,(H3,11,13,14,15). The van der Waals surface area contributed by atoms with E-state index in [1.807, 2.05) is 0 Å². The van der Waals surface area contributed by atoms with Crippen LogP contribution in [-0.2, 0) is 0 Å². The predicted molar refractivity (Wildman–Crippen MR) is 56.9 cm³/mol. The van der Waals surface area contributed by atoms with E-state index in [-0.39, 0.29) is 11.5 Å². The molecule has 0 aliphatic rings. The summed E-state index contributed by atoms with van der Waals surface area (Å²) in [6, 6.07) is 5.27. The summed E-state index contributed by atoms with van der Waals surface area (Å²) in [5, 5.41) is 0. The molecule has 2 aromatic heterocycles. The van der Waals surface area contributed by atoms with Gasteiger partial charge in [0.25, 0.3) is 5.56 Å². The van der Waals surface area contributed by atoms with Crippen molar-refractivity contribution in [3.05, 3.63) is 34.7 Å². The molecule has 2 heterocycles. The molecule has 0 atom stereocenters. The lowest BCUT2D eigenvalue weighted by molar-refractivity contribution is 1.11. The van der Waals surface area contributed by atoms with E-state index in [1.54, 1.807) is 24.4 Å². The van der Waals surface area contributed by atoms with Gasteiger partial charge < -0.3 is 16.5 Å². The van der Waals surface area contributed by atoms with Gasteiger partial charge in [-0.1, -0.05) is 6.07 Å². The Morgan fingerprint density at radius 1 is 1.27 bits per heavy atom. The van der Waals surface area contributed by atoms with Gasteiger partial charge in [0, 0.05) is 6.20 Å². The van der Waals surface area contributed by atoms with Gasteiger partial charge in [-0.15, -0.1) is 0 Å². The Labute approximate surface area is 85.0 Å². The summed E-state index contributed by atoms with van der Waals surface area (Å²) in [6.07, 6.45) is 1.60. The molecule has 0 saturated heterocycles. The zero-order chi connectivity index (χ0) is 10.8. The van der Waals surface area contributed by atoms with Gasteiger partial charge in [-0.3, -0.25) is 9.78 Å². The predicted octanol–water partition coefficient (Wildman–Crippen LogP) is -0.00370. The molecular formula is C9H9N5O. The van der Waals surface area contributed by atoms with Crippen molar-refractivity contribution in [2.75, 3.05) is 11.5 Å². The van der Waals surface area contributed by atoms with E-state index >= 15 is 0 Å². The van der Waals surface area contributed by atoms with Crippen LogP contribution in [0.2, 0.25) is 0 Å². The maximum Gasteiger partial charge on any atom is 0.276 e. The first-order chi connectivity index (χ1) is 7.18. The summed E-state index contributed by atoms with van der Waals surface area (Å²) < 4.78 is 0. The molecule has 0 aliphatic heterocycles. The number of aromatic nitrogens is 3. The minimum atomic E-state index is -0.455. The molecule has 2 rings (SSSR count). The van der Waals surface area contributed by atoms with Gasteiger partial charge >= 0.3 is 0 Å². The third-order valence-corrected chi connectivity index (χ3v) is 1.89. The number of nitrogens with one attached hydrogen (secondary N) is 1. The Kier molecular flexibility index (Phi) is 2.09. The second-order valence-electron chi connectivity index (χ2n) is 2.93. The fraction of sp³-hybridized carbons (Fsp3) is 0. The van der Waals surface area contributed by atoms with Crippen LogP contribution in [0.4, 0.5) is 11.5 Å². The maximum atomic E-state index is 11.3. The van der Waals surface area contributed by atoms with Crippen molar-refractivity contribution < 1.29 is 0 Å². The first-order valence-electron chi connectivity index (χ1n) is 4.25. The normalized spacial score (nSPS) is 10.1. The highest BCUT2D eigenvalue weighted by atomic mass is 16.1. The molecule has 5 N–H and O–H groups in total. The largest absolute Gasteiger partial charge is 0.391 e. The third-order valence-electron chi connectivity index (χ3n) is 1.89. The summed E-state index contributed by atoms with van der Waals surface area (Å²) in [5.41, 5.74) is 10.9. The van der Waals surface area contributed by atoms with Gasteiger partial charge in [0.2, 0.25) is 0 Å². The second-order valence-corrected chi connectivity index (χ2v) is 2.93. The number of hydrogen-bond donors (Lipinski definition) is 3. The van der Waals surface area contributed by atoms with Crippen molar-refractivity contribution in [1.82, 2.24) is 15.0 Å². The van der Waals surface area contributed by atoms with Gasteiger partial charge in [0.15, 0.2) is 11.6 Å².